The van der Waals surface area contributed by atoms with Gasteiger partial charge in [-0.25, -0.2) is 8.78 Å². The highest BCUT2D eigenvalue weighted by Crippen LogP contribution is 2.19. The molecule has 0 aliphatic heterocycles. The summed E-state index contributed by atoms with van der Waals surface area (Å²) >= 11 is 0. The third-order valence-corrected chi connectivity index (χ3v) is 3.52. The standard InChI is InChI=1S/C20H15F2NO2/c21-16-9-10-18(22)19(12-16)23-20(24)15-7-4-8-17(11-15)25-13-14-5-2-1-3-6-14/h1-12H,13H2,(H,23,24). The molecule has 0 aromatic heterocycles. The highest BCUT2D eigenvalue weighted by molar-refractivity contribution is 6.04. The number of anilines is 1. The monoisotopic (exact) mass is 339 g/mol. The highest BCUT2D eigenvalue weighted by atomic mass is 19.1. The van der Waals surface area contributed by atoms with Crippen molar-refractivity contribution < 1.29 is 18.3 Å². The summed E-state index contributed by atoms with van der Waals surface area (Å²) < 4.78 is 32.5. The van der Waals surface area contributed by atoms with E-state index in [1.54, 1.807) is 24.3 Å². The van der Waals surface area contributed by atoms with Gasteiger partial charge in [0.25, 0.3) is 5.91 Å². The van der Waals surface area contributed by atoms with Gasteiger partial charge in [-0.3, -0.25) is 4.79 Å². The smallest absolute Gasteiger partial charge is 0.255 e. The molecule has 3 aromatic carbocycles. The summed E-state index contributed by atoms with van der Waals surface area (Å²) in [6.45, 7) is 0.366. The molecule has 25 heavy (non-hydrogen) atoms. The predicted molar refractivity (Wildman–Crippen MR) is 91.5 cm³/mol. The number of hydrogen-bond donors (Lipinski definition) is 1. The van der Waals surface area contributed by atoms with Gasteiger partial charge in [0.2, 0.25) is 0 Å². The Labute approximate surface area is 143 Å². The minimum absolute atomic E-state index is 0.208. The van der Waals surface area contributed by atoms with Gasteiger partial charge in [0.15, 0.2) is 0 Å². The lowest BCUT2D eigenvalue weighted by molar-refractivity contribution is 0.102. The summed E-state index contributed by atoms with van der Waals surface area (Å²) in [6.07, 6.45) is 0. The quantitative estimate of drug-likeness (QED) is 0.725. The van der Waals surface area contributed by atoms with Gasteiger partial charge in [0, 0.05) is 11.6 Å². The van der Waals surface area contributed by atoms with Crippen LogP contribution in [0.15, 0.2) is 72.8 Å². The Balaban J connectivity index is 1.70. The lowest BCUT2D eigenvalue weighted by atomic mass is 10.2. The molecule has 0 saturated carbocycles. The zero-order valence-corrected chi connectivity index (χ0v) is 13.2. The predicted octanol–water partition coefficient (Wildman–Crippen LogP) is 4.80. The van der Waals surface area contributed by atoms with Crippen LogP contribution in [0.1, 0.15) is 15.9 Å². The van der Waals surface area contributed by atoms with Crippen LogP contribution in [-0.4, -0.2) is 5.91 Å². The highest BCUT2D eigenvalue weighted by Gasteiger charge is 2.11. The van der Waals surface area contributed by atoms with Crippen LogP contribution in [0.25, 0.3) is 0 Å². The molecule has 3 nitrogen and oxygen atoms in total. The van der Waals surface area contributed by atoms with Gasteiger partial charge in [0.1, 0.15) is 24.0 Å². The van der Waals surface area contributed by atoms with E-state index in [1.165, 1.54) is 0 Å². The number of hydrogen-bond acceptors (Lipinski definition) is 2. The molecular formula is C20H15F2NO2. The summed E-state index contributed by atoms with van der Waals surface area (Å²) in [4.78, 5) is 12.2. The first kappa shape index (κ1) is 16.6. The number of rotatable bonds is 5. The molecule has 1 N–H and O–H groups in total. The van der Waals surface area contributed by atoms with E-state index in [9.17, 15) is 13.6 Å². The van der Waals surface area contributed by atoms with Crippen molar-refractivity contribution in [2.24, 2.45) is 0 Å². The van der Waals surface area contributed by atoms with Gasteiger partial charge in [-0.05, 0) is 35.9 Å². The van der Waals surface area contributed by atoms with Crippen molar-refractivity contribution >= 4 is 11.6 Å². The summed E-state index contributed by atoms with van der Waals surface area (Å²) in [7, 11) is 0. The Kier molecular flexibility index (Phi) is 5.04. The van der Waals surface area contributed by atoms with Gasteiger partial charge < -0.3 is 10.1 Å². The van der Waals surface area contributed by atoms with Crippen molar-refractivity contribution in [1.29, 1.82) is 0 Å². The first-order chi connectivity index (χ1) is 12.1. The van der Waals surface area contributed by atoms with Crippen LogP contribution >= 0.6 is 0 Å². The normalized spacial score (nSPS) is 10.3. The lowest BCUT2D eigenvalue weighted by Crippen LogP contribution is -2.13. The molecule has 3 rings (SSSR count). The summed E-state index contributed by atoms with van der Waals surface area (Å²) in [6, 6.07) is 19.0. The van der Waals surface area contributed by atoms with E-state index in [4.69, 9.17) is 4.74 Å². The molecule has 0 saturated heterocycles. The molecule has 0 fully saturated rings. The first-order valence-corrected chi connectivity index (χ1v) is 7.65. The van der Waals surface area contributed by atoms with Crippen molar-refractivity contribution in [3.05, 3.63) is 95.6 Å². The molecule has 5 heteroatoms. The molecule has 0 spiro atoms. The van der Waals surface area contributed by atoms with Gasteiger partial charge in [-0.2, -0.15) is 0 Å². The maximum atomic E-state index is 13.6. The maximum absolute atomic E-state index is 13.6. The first-order valence-electron chi connectivity index (χ1n) is 7.65. The van der Waals surface area contributed by atoms with Crippen molar-refractivity contribution in [3.8, 4) is 5.75 Å². The second kappa shape index (κ2) is 7.57. The van der Waals surface area contributed by atoms with E-state index in [2.05, 4.69) is 5.32 Å². The number of amides is 1. The number of halogens is 2. The Bertz CT molecular complexity index is 882. The molecule has 0 aliphatic carbocycles. The molecule has 3 aromatic rings. The molecule has 0 heterocycles. The molecule has 1 amide bonds. The fraction of sp³-hybridized carbons (Fsp3) is 0.0500. The zero-order chi connectivity index (χ0) is 17.6. The minimum Gasteiger partial charge on any atom is -0.489 e. The summed E-state index contributed by atoms with van der Waals surface area (Å²) in [5.41, 5.74) is 1.08. The largest absolute Gasteiger partial charge is 0.489 e. The van der Waals surface area contributed by atoms with Crippen LogP contribution in [0.2, 0.25) is 0 Å². The zero-order valence-electron chi connectivity index (χ0n) is 13.2. The van der Waals surface area contributed by atoms with E-state index in [0.29, 0.717) is 12.4 Å². The molecule has 0 unspecified atom stereocenters. The fourth-order valence-corrected chi connectivity index (χ4v) is 2.26. The van der Waals surface area contributed by atoms with Crippen LogP contribution in [0, 0.1) is 11.6 Å². The maximum Gasteiger partial charge on any atom is 0.255 e. The number of benzene rings is 3. The number of nitrogens with one attached hydrogen (secondary N) is 1. The van der Waals surface area contributed by atoms with Crippen molar-refractivity contribution in [2.75, 3.05) is 5.32 Å². The second-order valence-corrected chi connectivity index (χ2v) is 5.38. The van der Waals surface area contributed by atoms with Crippen LogP contribution in [0.3, 0.4) is 0 Å². The van der Waals surface area contributed by atoms with E-state index >= 15 is 0 Å². The minimum atomic E-state index is -0.703. The van der Waals surface area contributed by atoms with E-state index < -0.39 is 17.5 Å². The summed E-state index contributed by atoms with van der Waals surface area (Å²) in [5, 5.41) is 2.36. The van der Waals surface area contributed by atoms with Crippen molar-refractivity contribution in [1.82, 2.24) is 0 Å². The number of carbonyl (C=O) groups is 1. The van der Waals surface area contributed by atoms with Gasteiger partial charge in [-0.15, -0.1) is 0 Å². The molecule has 0 atom stereocenters. The summed E-state index contributed by atoms with van der Waals surface area (Å²) in [5.74, 6) is -1.37. The number of carbonyl (C=O) groups excluding carboxylic acids is 1. The molecule has 0 radical (unpaired) electrons. The number of ether oxygens (including phenoxy) is 1. The topological polar surface area (TPSA) is 38.3 Å². The molecule has 0 bridgehead atoms. The average Bonchev–Trinajstić information content (AvgIpc) is 2.64. The van der Waals surface area contributed by atoms with E-state index in [1.807, 2.05) is 30.3 Å². The Morgan fingerprint density at radius 1 is 0.920 bits per heavy atom. The van der Waals surface area contributed by atoms with Crippen LogP contribution < -0.4 is 10.1 Å². The lowest BCUT2D eigenvalue weighted by Gasteiger charge is -2.09. The van der Waals surface area contributed by atoms with Gasteiger partial charge in [0.05, 0.1) is 5.69 Å². The third kappa shape index (κ3) is 4.41. The van der Waals surface area contributed by atoms with E-state index in [-0.39, 0.29) is 11.3 Å². The average molecular weight is 339 g/mol. The Morgan fingerprint density at radius 2 is 1.72 bits per heavy atom. The van der Waals surface area contributed by atoms with Crippen LogP contribution in [0.5, 0.6) is 5.75 Å². The molecular weight excluding hydrogens is 324 g/mol. The Morgan fingerprint density at radius 3 is 2.52 bits per heavy atom. The van der Waals surface area contributed by atoms with E-state index in [0.717, 1.165) is 23.8 Å². The molecule has 0 aliphatic rings. The second-order valence-electron chi connectivity index (χ2n) is 5.38. The Hall–Kier alpha value is -3.21. The fourth-order valence-electron chi connectivity index (χ4n) is 2.26. The van der Waals surface area contributed by atoms with Gasteiger partial charge in [-0.1, -0.05) is 36.4 Å². The van der Waals surface area contributed by atoms with Crippen molar-refractivity contribution in [2.45, 2.75) is 6.61 Å². The van der Waals surface area contributed by atoms with Crippen LogP contribution in [-0.2, 0) is 6.61 Å². The third-order valence-electron chi connectivity index (χ3n) is 3.52. The SMILES string of the molecule is O=C(Nc1cc(F)ccc1F)c1cccc(OCc2ccccc2)c1. The molecule has 126 valence electrons. The van der Waals surface area contributed by atoms with Crippen LogP contribution in [0.4, 0.5) is 14.5 Å². The van der Waals surface area contributed by atoms with Crippen molar-refractivity contribution in [3.63, 3.8) is 0 Å². The van der Waals surface area contributed by atoms with Gasteiger partial charge >= 0.3 is 0 Å².